The zero-order valence-corrected chi connectivity index (χ0v) is 13.1. The molecule has 1 unspecified atom stereocenters. The Morgan fingerprint density at radius 3 is 2.67 bits per heavy atom. The number of Topliss-reactive ketones (excluding diaryl/α,β-unsaturated/α-hetero) is 1. The largest absolute Gasteiger partial charge is 0.304 e. The predicted molar refractivity (Wildman–Crippen MR) is 78.4 cm³/mol. The van der Waals surface area contributed by atoms with Crippen molar-refractivity contribution in [2.45, 2.75) is 13.3 Å². The molecule has 0 aliphatic carbocycles. The van der Waals surface area contributed by atoms with Gasteiger partial charge in [0.25, 0.3) is 11.7 Å². The molecule has 1 aliphatic rings. The molecule has 1 aromatic carbocycles. The van der Waals surface area contributed by atoms with Crippen LogP contribution >= 0.6 is 31.9 Å². The van der Waals surface area contributed by atoms with Gasteiger partial charge in [-0.1, -0.05) is 35.3 Å². The van der Waals surface area contributed by atoms with Gasteiger partial charge in [0.15, 0.2) is 0 Å². The molecule has 2 rings (SSSR count). The molecule has 1 aromatic rings. The van der Waals surface area contributed by atoms with Crippen LogP contribution in [0.25, 0.3) is 0 Å². The van der Waals surface area contributed by atoms with E-state index in [0.29, 0.717) is 22.5 Å². The van der Waals surface area contributed by atoms with Crippen LogP contribution < -0.4 is 4.90 Å². The summed E-state index contributed by atoms with van der Waals surface area (Å²) in [5.74, 6) is -0.482. The summed E-state index contributed by atoms with van der Waals surface area (Å²) >= 11 is 6.77. The fraction of sp³-hybridized carbons (Fsp3) is 0.385. The minimum atomic E-state index is -0.420. The summed E-state index contributed by atoms with van der Waals surface area (Å²) in [7, 11) is 0. The molecule has 1 heterocycles. The molecule has 0 fully saturated rings. The molecule has 5 heteroatoms. The third-order valence-electron chi connectivity index (χ3n) is 3.19. The Morgan fingerprint density at radius 1 is 1.33 bits per heavy atom. The van der Waals surface area contributed by atoms with Crippen LogP contribution in [0.4, 0.5) is 5.69 Å². The molecule has 0 N–H and O–H groups in total. The molecular formula is C13H13Br2NO2. The van der Waals surface area contributed by atoms with Gasteiger partial charge in [0.1, 0.15) is 0 Å². The molecule has 0 bridgehead atoms. The Bertz CT molecular complexity index is 498. The van der Waals surface area contributed by atoms with Gasteiger partial charge in [-0.05, 0) is 34.0 Å². The van der Waals surface area contributed by atoms with Gasteiger partial charge in [-0.25, -0.2) is 0 Å². The maximum atomic E-state index is 12.0. The molecule has 0 spiro atoms. The zero-order valence-electron chi connectivity index (χ0n) is 9.95. The first-order valence-corrected chi connectivity index (χ1v) is 7.72. The van der Waals surface area contributed by atoms with Crippen molar-refractivity contribution in [2.75, 3.05) is 16.8 Å². The molecule has 0 saturated heterocycles. The monoisotopic (exact) mass is 373 g/mol. The number of hydrogen-bond donors (Lipinski definition) is 0. The van der Waals surface area contributed by atoms with Gasteiger partial charge >= 0.3 is 0 Å². The number of nitrogens with zero attached hydrogens (tertiary/aromatic N) is 1. The molecule has 1 atom stereocenters. The number of amides is 1. The first-order chi connectivity index (χ1) is 8.60. The van der Waals surface area contributed by atoms with E-state index in [2.05, 4.69) is 38.8 Å². The Balaban J connectivity index is 2.37. The van der Waals surface area contributed by atoms with Gasteiger partial charge in [-0.3, -0.25) is 9.59 Å². The van der Waals surface area contributed by atoms with Crippen LogP contribution in [0.5, 0.6) is 0 Å². The highest BCUT2D eigenvalue weighted by atomic mass is 79.9. The van der Waals surface area contributed by atoms with Crippen molar-refractivity contribution in [3.63, 3.8) is 0 Å². The number of anilines is 1. The lowest BCUT2D eigenvalue weighted by atomic mass is 10.1. The van der Waals surface area contributed by atoms with Crippen molar-refractivity contribution in [3.05, 3.63) is 28.2 Å². The highest BCUT2D eigenvalue weighted by Gasteiger charge is 2.37. The van der Waals surface area contributed by atoms with E-state index in [-0.39, 0.29) is 0 Å². The molecule has 1 amide bonds. The van der Waals surface area contributed by atoms with Crippen LogP contribution in [0.15, 0.2) is 22.7 Å². The Kier molecular flexibility index (Phi) is 4.22. The minimum absolute atomic E-state index is 0.353. The maximum absolute atomic E-state index is 12.0. The van der Waals surface area contributed by atoms with E-state index in [1.54, 1.807) is 11.0 Å². The van der Waals surface area contributed by atoms with Gasteiger partial charge in [-0.2, -0.15) is 0 Å². The van der Waals surface area contributed by atoms with Gasteiger partial charge in [0.05, 0.1) is 11.3 Å². The van der Waals surface area contributed by atoms with E-state index < -0.39 is 11.7 Å². The zero-order chi connectivity index (χ0) is 13.3. The summed E-state index contributed by atoms with van der Waals surface area (Å²) in [5, 5.41) is 0.824. The summed E-state index contributed by atoms with van der Waals surface area (Å²) in [6.45, 7) is 2.66. The van der Waals surface area contributed by atoms with Crippen molar-refractivity contribution in [1.29, 1.82) is 0 Å². The Morgan fingerprint density at radius 2 is 2.06 bits per heavy atom. The second-order valence-corrected chi connectivity index (χ2v) is 5.81. The van der Waals surface area contributed by atoms with Crippen LogP contribution in [0, 0.1) is 5.92 Å². The standard InChI is InChI=1S/C13H13Br2NO2/c1-2-8(6-14)7-16-10-5-3-4-9(15)11(10)12(17)13(16)18/h3-5,8H,2,6-7H2,1H3. The van der Waals surface area contributed by atoms with Crippen molar-refractivity contribution >= 4 is 49.2 Å². The number of rotatable bonds is 4. The second-order valence-electron chi connectivity index (χ2n) is 4.31. The average Bonchev–Trinajstić information content (AvgIpc) is 2.61. The normalized spacial score (nSPS) is 16.1. The smallest absolute Gasteiger partial charge is 0.299 e. The van der Waals surface area contributed by atoms with Crippen LogP contribution in [-0.4, -0.2) is 23.6 Å². The molecule has 0 aromatic heterocycles. The second kappa shape index (κ2) is 5.53. The number of carbonyl (C=O) groups excluding carboxylic acids is 2. The molecule has 3 nitrogen and oxygen atoms in total. The van der Waals surface area contributed by atoms with E-state index in [9.17, 15) is 9.59 Å². The van der Waals surface area contributed by atoms with Crippen molar-refractivity contribution in [1.82, 2.24) is 0 Å². The van der Waals surface area contributed by atoms with Gasteiger partial charge < -0.3 is 4.90 Å². The van der Waals surface area contributed by atoms with Gasteiger partial charge in [0, 0.05) is 16.3 Å². The average molecular weight is 375 g/mol. The highest BCUT2D eigenvalue weighted by Crippen LogP contribution is 2.34. The lowest BCUT2D eigenvalue weighted by Gasteiger charge is -2.21. The maximum Gasteiger partial charge on any atom is 0.299 e. The number of fused-ring (bicyclic) bond motifs is 1. The number of benzene rings is 1. The van der Waals surface area contributed by atoms with E-state index in [4.69, 9.17) is 0 Å². The molecule has 18 heavy (non-hydrogen) atoms. The third-order valence-corrected chi connectivity index (χ3v) is 4.76. The minimum Gasteiger partial charge on any atom is -0.304 e. The lowest BCUT2D eigenvalue weighted by molar-refractivity contribution is -0.114. The SMILES string of the molecule is CCC(CBr)CN1C(=O)C(=O)c2c(Br)cccc21. The third kappa shape index (κ3) is 2.26. The van der Waals surface area contributed by atoms with Crippen molar-refractivity contribution in [3.8, 4) is 0 Å². The number of carbonyl (C=O) groups is 2. The molecule has 96 valence electrons. The topological polar surface area (TPSA) is 37.4 Å². The van der Waals surface area contributed by atoms with Crippen LogP contribution in [-0.2, 0) is 4.79 Å². The highest BCUT2D eigenvalue weighted by molar-refractivity contribution is 9.10. The van der Waals surface area contributed by atoms with Crippen molar-refractivity contribution in [2.24, 2.45) is 5.92 Å². The van der Waals surface area contributed by atoms with Gasteiger partial charge in [-0.15, -0.1) is 0 Å². The summed E-state index contributed by atoms with van der Waals surface area (Å²) in [6, 6.07) is 5.45. The summed E-state index contributed by atoms with van der Waals surface area (Å²) in [6.07, 6.45) is 0.965. The lowest BCUT2D eigenvalue weighted by Crippen LogP contribution is -2.34. The molecular weight excluding hydrogens is 362 g/mol. The first-order valence-electron chi connectivity index (χ1n) is 5.80. The van der Waals surface area contributed by atoms with E-state index in [0.717, 1.165) is 17.4 Å². The van der Waals surface area contributed by atoms with E-state index >= 15 is 0 Å². The summed E-state index contributed by atoms with van der Waals surface area (Å²) < 4.78 is 0.688. The van der Waals surface area contributed by atoms with E-state index in [1.807, 2.05) is 12.1 Å². The fourth-order valence-corrected chi connectivity index (χ4v) is 3.23. The number of ketones is 1. The van der Waals surface area contributed by atoms with Gasteiger partial charge in [0.2, 0.25) is 0 Å². The summed E-state index contributed by atoms with van der Waals surface area (Å²) in [4.78, 5) is 25.6. The van der Waals surface area contributed by atoms with Crippen LogP contribution in [0.3, 0.4) is 0 Å². The Labute approximate surface area is 123 Å². The number of halogens is 2. The van der Waals surface area contributed by atoms with E-state index in [1.165, 1.54) is 0 Å². The first kappa shape index (κ1) is 13.7. The quantitative estimate of drug-likeness (QED) is 0.598. The predicted octanol–water partition coefficient (Wildman–Crippen LogP) is 3.40. The Hall–Kier alpha value is -0.680. The van der Waals surface area contributed by atoms with Crippen molar-refractivity contribution < 1.29 is 9.59 Å². The van der Waals surface area contributed by atoms with Crippen LogP contribution in [0.1, 0.15) is 23.7 Å². The van der Waals surface area contributed by atoms with Crippen LogP contribution in [0.2, 0.25) is 0 Å². The fourth-order valence-electron chi connectivity index (χ4n) is 2.03. The summed E-state index contributed by atoms with van der Waals surface area (Å²) in [5.41, 5.74) is 1.21. The number of alkyl halides is 1. The molecule has 1 aliphatic heterocycles. The molecule has 0 saturated carbocycles. The molecule has 0 radical (unpaired) electrons. The number of hydrogen-bond acceptors (Lipinski definition) is 2.